The Balaban J connectivity index is 1.52. The van der Waals surface area contributed by atoms with Crippen molar-refractivity contribution in [2.24, 2.45) is 11.8 Å². The van der Waals surface area contributed by atoms with E-state index in [1.165, 1.54) is 12.0 Å². The van der Waals surface area contributed by atoms with Gasteiger partial charge < -0.3 is 19.1 Å². The van der Waals surface area contributed by atoms with E-state index < -0.39 is 0 Å². The number of methoxy groups -OCH3 is 2. The van der Waals surface area contributed by atoms with Crippen molar-refractivity contribution in [1.29, 1.82) is 0 Å². The highest BCUT2D eigenvalue weighted by Gasteiger charge is 2.71. The maximum atomic E-state index is 13.5. The van der Waals surface area contributed by atoms with Crippen molar-refractivity contribution in [1.82, 2.24) is 4.90 Å². The molecule has 0 unspecified atom stereocenters. The van der Waals surface area contributed by atoms with Crippen molar-refractivity contribution >= 4 is 11.6 Å². The van der Waals surface area contributed by atoms with Gasteiger partial charge >= 0.3 is 0 Å². The van der Waals surface area contributed by atoms with Crippen molar-refractivity contribution in [3.8, 4) is 11.5 Å². The number of amides is 1. The van der Waals surface area contributed by atoms with Gasteiger partial charge in [-0.05, 0) is 36.9 Å². The molecule has 1 spiro atoms. The molecule has 0 aromatic heterocycles. The predicted molar refractivity (Wildman–Crippen MR) is 107 cm³/mol. The van der Waals surface area contributed by atoms with E-state index in [2.05, 4.69) is 21.9 Å². The first-order chi connectivity index (χ1) is 14.2. The zero-order valence-electron chi connectivity index (χ0n) is 16.9. The SMILES string of the molecule is COc1cc2c(cc1OC)[C@]13CCN4CC5=CCO[C@H]6CC(=O)N2[C@@H]1[C@H]6[C@@H]5C[C@H]43. The molecule has 6 aliphatic rings. The molecule has 5 aliphatic heterocycles. The van der Waals surface area contributed by atoms with Crippen LogP contribution in [0.4, 0.5) is 5.69 Å². The van der Waals surface area contributed by atoms with Crippen LogP contribution in [0.3, 0.4) is 0 Å². The Hall–Kier alpha value is -2.05. The molecule has 1 aromatic rings. The summed E-state index contributed by atoms with van der Waals surface area (Å²) in [6.07, 6.45) is 5.11. The van der Waals surface area contributed by atoms with Gasteiger partial charge in [0.15, 0.2) is 11.5 Å². The Morgan fingerprint density at radius 2 is 2.03 bits per heavy atom. The van der Waals surface area contributed by atoms with E-state index in [1.807, 2.05) is 6.07 Å². The summed E-state index contributed by atoms with van der Waals surface area (Å²) in [4.78, 5) is 18.3. The maximum absolute atomic E-state index is 13.5. The average Bonchev–Trinajstić information content (AvgIpc) is 3.20. The lowest BCUT2D eigenvalue weighted by Gasteiger charge is -2.58. The Bertz CT molecular complexity index is 974. The van der Waals surface area contributed by atoms with Gasteiger partial charge in [0.05, 0.1) is 45.1 Å². The number of carbonyl (C=O) groups is 1. The second-order valence-electron chi connectivity index (χ2n) is 9.48. The highest BCUT2D eigenvalue weighted by molar-refractivity contribution is 5.99. The minimum absolute atomic E-state index is 0.0242. The number of ether oxygens (including phenoxy) is 3. The third-order valence-electron chi connectivity index (χ3n) is 8.81. The van der Waals surface area contributed by atoms with Gasteiger partial charge in [0, 0.05) is 30.0 Å². The molecule has 1 amide bonds. The lowest BCUT2D eigenvalue weighted by Crippen LogP contribution is -2.69. The Morgan fingerprint density at radius 3 is 2.86 bits per heavy atom. The van der Waals surface area contributed by atoms with Crippen LogP contribution in [0.25, 0.3) is 0 Å². The normalized spacial score (nSPS) is 41.0. The van der Waals surface area contributed by atoms with Crippen LogP contribution in [0.2, 0.25) is 0 Å². The van der Waals surface area contributed by atoms with Gasteiger partial charge in [-0.3, -0.25) is 9.69 Å². The van der Waals surface area contributed by atoms with Gasteiger partial charge in [-0.25, -0.2) is 0 Å². The summed E-state index contributed by atoms with van der Waals surface area (Å²) >= 11 is 0. The van der Waals surface area contributed by atoms with Gasteiger partial charge in [0.1, 0.15) is 0 Å². The summed E-state index contributed by atoms with van der Waals surface area (Å²) in [5, 5.41) is 0. The molecule has 152 valence electrons. The van der Waals surface area contributed by atoms with Crippen molar-refractivity contribution in [3.63, 3.8) is 0 Å². The van der Waals surface area contributed by atoms with Gasteiger partial charge in [-0.1, -0.05) is 11.6 Å². The summed E-state index contributed by atoms with van der Waals surface area (Å²) in [6.45, 7) is 2.80. The van der Waals surface area contributed by atoms with Crippen LogP contribution in [-0.2, 0) is 14.9 Å². The highest BCUT2D eigenvalue weighted by Crippen LogP contribution is 2.66. The summed E-state index contributed by atoms with van der Waals surface area (Å²) in [6, 6.07) is 4.87. The van der Waals surface area contributed by atoms with Crippen molar-refractivity contribution < 1.29 is 19.0 Å². The summed E-state index contributed by atoms with van der Waals surface area (Å²) in [5.74, 6) is 2.57. The van der Waals surface area contributed by atoms with Gasteiger partial charge in [0.2, 0.25) is 5.91 Å². The largest absolute Gasteiger partial charge is 0.493 e. The molecule has 1 saturated carbocycles. The molecule has 6 nitrogen and oxygen atoms in total. The summed E-state index contributed by atoms with van der Waals surface area (Å²) < 4.78 is 17.6. The van der Waals surface area contributed by atoms with Crippen LogP contribution in [-0.4, -0.2) is 62.9 Å². The molecule has 5 heterocycles. The Labute approximate surface area is 170 Å². The predicted octanol–water partition coefficient (Wildman–Crippen LogP) is 2.11. The fourth-order valence-electron chi connectivity index (χ4n) is 7.87. The number of nitrogens with zero attached hydrogens (tertiary/aromatic N) is 2. The van der Waals surface area contributed by atoms with E-state index in [0.29, 0.717) is 36.7 Å². The van der Waals surface area contributed by atoms with E-state index in [9.17, 15) is 4.79 Å². The quantitative estimate of drug-likeness (QED) is 0.719. The maximum Gasteiger partial charge on any atom is 0.229 e. The monoisotopic (exact) mass is 394 g/mol. The van der Waals surface area contributed by atoms with Crippen molar-refractivity contribution in [3.05, 3.63) is 29.3 Å². The smallest absolute Gasteiger partial charge is 0.229 e. The molecule has 2 bridgehead atoms. The fraction of sp³-hybridized carbons (Fsp3) is 0.609. The molecule has 0 N–H and O–H groups in total. The van der Waals surface area contributed by atoms with Crippen LogP contribution in [0.15, 0.2) is 23.8 Å². The molecule has 29 heavy (non-hydrogen) atoms. The number of benzene rings is 1. The van der Waals surface area contributed by atoms with Gasteiger partial charge in [0.25, 0.3) is 0 Å². The van der Waals surface area contributed by atoms with Crippen molar-refractivity contribution in [2.75, 3.05) is 38.8 Å². The molecule has 0 radical (unpaired) electrons. The van der Waals surface area contributed by atoms with Crippen molar-refractivity contribution in [2.45, 2.75) is 42.9 Å². The highest BCUT2D eigenvalue weighted by atomic mass is 16.5. The molecular weight excluding hydrogens is 368 g/mol. The van der Waals surface area contributed by atoms with Gasteiger partial charge in [-0.15, -0.1) is 0 Å². The Kier molecular flexibility index (Phi) is 3.08. The molecule has 6 atom stereocenters. The van der Waals surface area contributed by atoms with Gasteiger partial charge in [-0.2, -0.15) is 0 Å². The first-order valence-electron chi connectivity index (χ1n) is 10.8. The van der Waals surface area contributed by atoms with E-state index in [0.717, 1.165) is 30.9 Å². The average molecular weight is 394 g/mol. The first-order valence-corrected chi connectivity index (χ1v) is 10.8. The molecule has 3 saturated heterocycles. The minimum Gasteiger partial charge on any atom is -0.493 e. The molecule has 7 rings (SSSR count). The lowest BCUT2D eigenvalue weighted by atomic mass is 9.53. The molecule has 1 aliphatic carbocycles. The number of rotatable bonds is 2. The van der Waals surface area contributed by atoms with E-state index in [-0.39, 0.29) is 23.5 Å². The standard InChI is InChI=1S/C23H26N2O4/c1-27-16-8-14-15(9-17(16)28-2)25-20(26)10-18-21-13-7-19-23(14,22(21)25)4-5-24(19)11-12(13)3-6-29-18/h3,8-9,13,18-19,21-22H,4-7,10-11H2,1-2H3/t13-,18+,19+,21+,22-,23+/m1/s1. The van der Waals surface area contributed by atoms with Crippen LogP contribution in [0, 0.1) is 11.8 Å². The van der Waals surface area contributed by atoms with Crippen LogP contribution in [0.1, 0.15) is 24.8 Å². The van der Waals surface area contributed by atoms with E-state index >= 15 is 0 Å². The summed E-state index contributed by atoms with van der Waals surface area (Å²) in [7, 11) is 3.36. The number of piperidine rings is 2. The third kappa shape index (κ3) is 1.76. The number of carbonyl (C=O) groups excluding carboxylic acids is 1. The Morgan fingerprint density at radius 1 is 1.21 bits per heavy atom. The van der Waals surface area contributed by atoms with E-state index in [4.69, 9.17) is 14.2 Å². The zero-order chi connectivity index (χ0) is 19.5. The van der Waals surface area contributed by atoms with E-state index in [1.54, 1.807) is 19.8 Å². The molecule has 1 aromatic carbocycles. The molecule has 6 heteroatoms. The van der Waals surface area contributed by atoms with Crippen LogP contribution >= 0.6 is 0 Å². The number of hydrogen-bond acceptors (Lipinski definition) is 5. The van der Waals surface area contributed by atoms with Crippen LogP contribution < -0.4 is 14.4 Å². The van der Waals surface area contributed by atoms with Crippen LogP contribution in [0.5, 0.6) is 11.5 Å². The minimum atomic E-state index is -0.0242. The number of anilines is 1. The second-order valence-corrected chi connectivity index (χ2v) is 9.48. The topological polar surface area (TPSA) is 51.2 Å². The second kappa shape index (κ2) is 5.35. The number of hydrogen-bond donors (Lipinski definition) is 0. The first kappa shape index (κ1) is 16.7. The zero-order valence-corrected chi connectivity index (χ0v) is 16.9. The lowest BCUT2D eigenvalue weighted by molar-refractivity contribution is -0.132. The third-order valence-corrected chi connectivity index (χ3v) is 8.81. The fourth-order valence-corrected chi connectivity index (χ4v) is 7.87. The summed E-state index contributed by atoms with van der Waals surface area (Å²) in [5.41, 5.74) is 3.85. The number of fused-ring (bicyclic) bond motifs is 2. The molecular formula is C23H26N2O4. The molecule has 4 fully saturated rings.